The molecule has 2 N–H and O–H groups in total. The van der Waals surface area contributed by atoms with Crippen LogP contribution in [0.3, 0.4) is 0 Å². The highest BCUT2D eigenvalue weighted by atomic mass is 35.5. The van der Waals surface area contributed by atoms with E-state index in [2.05, 4.69) is 12.2 Å². The molecule has 20 heavy (non-hydrogen) atoms. The summed E-state index contributed by atoms with van der Waals surface area (Å²) in [5.41, 5.74) is 0.414. The van der Waals surface area contributed by atoms with Crippen LogP contribution in [0.2, 0.25) is 10.0 Å². The fraction of sp³-hybridized carbons (Fsp3) is 0.600. The molecule has 3 nitrogen and oxygen atoms in total. The van der Waals surface area contributed by atoms with E-state index in [4.69, 9.17) is 27.9 Å². The van der Waals surface area contributed by atoms with Crippen molar-refractivity contribution in [2.75, 3.05) is 19.7 Å². The molecule has 1 aromatic rings. The predicted octanol–water partition coefficient (Wildman–Crippen LogP) is 3.51. The van der Waals surface area contributed by atoms with Crippen molar-refractivity contribution < 1.29 is 9.84 Å². The lowest BCUT2D eigenvalue weighted by Gasteiger charge is -2.38. The molecule has 0 aromatic heterocycles. The van der Waals surface area contributed by atoms with E-state index in [9.17, 15) is 5.11 Å². The Morgan fingerprint density at radius 3 is 2.80 bits per heavy atom. The van der Waals surface area contributed by atoms with Gasteiger partial charge in [-0.15, -0.1) is 0 Å². The maximum absolute atomic E-state index is 9.89. The number of hydrogen-bond donors (Lipinski definition) is 2. The minimum Gasteiger partial charge on any atom is -0.489 e. The monoisotopic (exact) mass is 317 g/mol. The first-order valence-corrected chi connectivity index (χ1v) is 7.71. The van der Waals surface area contributed by atoms with Crippen LogP contribution in [0.5, 0.6) is 5.75 Å². The summed E-state index contributed by atoms with van der Waals surface area (Å²) in [6.07, 6.45) is 3.29. The largest absolute Gasteiger partial charge is 0.489 e. The molecule has 0 radical (unpaired) electrons. The molecular formula is C15H21Cl2NO2. The Hall–Kier alpha value is -0.480. The molecule has 0 aliphatic heterocycles. The van der Waals surface area contributed by atoms with Gasteiger partial charge in [0.05, 0.1) is 5.02 Å². The van der Waals surface area contributed by atoms with Gasteiger partial charge in [0.2, 0.25) is 0 Å². The fourth-order valence-corrected chi connectivity index (χ4v) is 2.66. The predicted molar refractivity (Wildman–Crippen MR) is 82.8 cm³/mol. The van der Waals surface area contributed by atoms with Crippen molar-refractivity contribution in [1.82, 2.24) is 5.32 Å². The van der Waals surface area contributed by atoms with E-state index in [-0.39, 0.29) is 6.61 Å². The molecule has 1 atom stereocenters. The van der Waals surface area contributed by atoms with E-state index in [1.54, 1.807) is 18.2 Å². The summed E-state index contributed by atoms with van der Waals surface area (Å²) in [6.45, 7) is 3.94. The zero-order chi connectivity index (χ0) is 14.6. The Bertz CT molecular complexity index is 449. The summed E-state index contributed by atoms with van der Waals surface area (Å²) < 4.78 is 5.50. The quantitative estimate of drug-likeness (QED) is 0.808. The third-order valence-electron chi connectivity index (χ3n) is 3.82. The minimum absolute atomic E-state index is 0.198. The number of aliphatic hydroxyl groups excluding tert-OH is 1. The van der Waals surface area contributed by atoms with Gasteiger partial charge < -0.3 is 15.2 Å². The lowest BCUT2D eigenvalue weighted by atomic mass is 9.70. The maximum atomic E-state index is 9.89. The topological polar surface area (TPSA) is 41.5 Å². The van der Waals surface area contributed by atoms with E-state index in [0.29, 0.717) is 27.8 Å². The molecule has 1 aliphatic carbocycles. The molecular weight excluding hydrogens is 297 g/mol. The summed E-state index contributed by atoms with van der Waals surface area (Å²) >= 11 is 11.9. The van der Waals surface area contributed by atoms with Crippen molar-refractivity contribution in [3.8, 4) is 5.75 Å². The van der Waals surface area contributed by atoms with Crippen molar-refractivity contribution in [2.24, 2.45) is 5.41 Å². The van der Waals surface area contributed by atoms with E-state index >= 15 is 0 Å². The molecule has 1 unspecified atom stereocenters. The SMILES string of the molecule is CC1(CNCC(O)COc2cc(Cl)ccc2Cl)CCC1. The van der Waals surface area contributed by atoms with Crippen molar-refractivity contribution in [1.29, 1.82) is 0 Å². The van der Waals surface area contributed by atoms with Gasteiger partial charge in [-0.05, 0) is 30.4 Å². The molecule has 0 spiro atoms. The zero-order valence-corrected chi connectivity index (χ0v) is 13.2. The summed E-state index contributed by atoms with van der Waals surface area (Å²) in [5.74, 6) is 0.504. The highest BCUT2D eigenvalue weighted by Crippen LogP contribution is 2.39. The average molecular weight is 318 g/mol. The Morgan fingerprint density at radius 1 is 1.40 bits per heavy atom. The molecule has 1 aromatic carbocycles. The second-order valence-corrected chi connectivity index (χ2v) is 6.68. The molecule has 1 fully saturated rings. The van der Waals surface area contributed by atoms with Crippen molar-refractivity contribution >= 4 is 23.2 Å². The van der Waals surface area contributed by atoms with Gasteiger partial charge in [0.1, 0.15) is 18.5 Å². The lowest BCUT2D eigenvalue weighted by Crippen LogP contribution is -2.41. The van der Waals surface area contributed by atoms with Gasteiger partial charge >= 0.3 is 0 Å². The molecule has 1 saturated carbocycles. The van der Waals surface area contributed by atoms with Gasteiger partial charge in [0, 0.05) is 24.2 Å². The minimum atomic E-state index is -0.561. The van der Waals surface area contributed by atoms with Crippen molar-refractivity contribution in [2.45, 2.75) is 32.3 Å². The van der Waals surface area contributed by atoms with Crippen LogP contribution in [0.15, 0.2) is 18.2 Å². The van der Waals surface area contributed by atoms with Crippen LogP contribution in [0.1, 0.15) is 26.2 Å². The third-order valence-corrected chi connectivity index (χ3v) is 4.36. The molecule has 0 saturated heterocycles. The number of aliphatic hydroxyl groups is 1. The van der Waals surface area contributed by atoms with Crippen LogP contribution in [0.25, 0.3) is 0 Å². The maximum Gasteiger partial charge on any atom is 0.139 e. The van der Waals surface area contributed by atoms with Crippen LogP contribution >= 0.6 is 23.2 Å². The van der Waals surface area contributed by atoms with Gasteiger partial charge in [-0.3, -0.25) is 0 Å². The number of halogens is 2. The van der Waals surface area contributed by atoms with E-state index in [1.165, 1.54) is 19.3 Å². The van der Waals surface area contributed by atoms with E-state index in [1.807, 2.05) is 0 Å². The van der Waals surface area contributed by atoms with Crippen LogP contribution in [0.4, 0.5) is 0 Å². The van der Waals surface area contributed by atoms with Crippen molar-refractivity contribution in [3.05, 3.63) is 28.2 Å². The first kappa shape index (κ1) is 15.9. The molecule has 0 amide bonds. The number of nitrogens with one attached hydrogen (secondary N) is 1. The Labute approximate surface area is 130 Å². The number of hydrogen-bond acceptors (Lipinski definition) is 3. The van der Waals surface area contributed by atoms with Crippen molar-refractivity contribution in [3.63, 3.8) is 0 Å². The molecule has 5 heteroatoms. The third kappa shape index (κ3) is 4.52. The van der Waals surface area contributed by atoms with Gasteiger partial charge in [-0.1, -0.05) is 36.5 Å². The number of rotatable bonds is 7. The van der Waals surface area contributed by atoms with Crippen LogP contribution in [0, 0.1) is 5.41 Å². The second kappa shape index (κ2) is 6.99. The van der Waals surface area contributed by atoms with Gasteiger partial charge in [-0.25, -0.2) is 0 Å². The highest BCUT2D eigenvalue weighted by molar-refractivity contribution is 6.34. The summed E-state index contributed by atoms with van der Waals surface area (Å²) in [5, 5.41) is 14.3. The molecule has 0 heterocycles. The first-order valence-electron chi connectivity index (χ1n) is 6.95. The Morgan fingerprint density at radius 2 is 2.15 bits per heavy atom. The average Bonchev–Trinajstić information content (AvgIpc) is 2.38. The molecule has 1 aliphatic rings. The second-order valence-electron chi connectivity index (χ2n) is 5.83. The highest BCUT2D eigenvalue weighted by Gasteiger charge is 2.31. The lowest BCUT2D eigenvalue weighted by molar-refractivity contribution is 0.0947. The first-order chi connectivity index (χ1) is 9.48. The fourth-order valence-electron chi connectivity index (χ4n) is 2.33. The number of ether oxygens (including phenoxy) is 1. The van der Waals surface area contributed by atoms with E-state index < -0.39 is 6.10 Å². The Balaban J connectivity index is 1.69. The van der Waals surface area contributed by atoms with Crippen LogP contribution in [-0.2, 0) is 0 Å². The van der Waals surface area contributed by atoms with Gasteiger partial charge in [0.25, 0.3) is 0 Å². The van der Waals surface area contributed by atoms with Gasteiger partial charge in [-0.2, -0.15) is 0 Å². The summed E-state index contributed by atoms with van der Waals surface area (Å²) in [6, 6.07) is 5.04. The van der Waals surface area contributed by atoms with Gasteiger partial charge in [0.15, 0.2) is 0 Å². The normalized spacial score (nSPS) is 18.4. The smallest absolute Gasteiger partial charge is 0.139 e. The summed E-state index contributed by atoms with van der Waals surface area (Å²) in [4.78, 5) is 0. The number of benzene rings is 1. The zero-order valence-electron chi connectivity index (χ0n) is 11.7. The van der Waals surface area contributed by atoms with Crippen LogP contribution in [-0.4, -0.2) is 30.9 Å². The molecule has 112 valence electrons. The molecule has 2 rings (SSSR count). The van der Waals surface area contributed by atoms with Crippen LogP contribution < -0.4 is 10.1 Å². The molecule has 0 bridgehead atoms. The van der Waals surface area contributed by atoms with E-state index in [0.717, 1.165) is 6.54 Å². The summed E-state index contributed by atoms with van der Waals surface area (Å²) in [7, 11) is 0. The Kier molecular flexibility index (Phi) is 5.56. The standard InChI is InChI=1S/C15H21Cl2NO2/c1-15(5-2-6-15)10-18-8-12(19)9-20-14-7-11(16)3-4-13(14)17/h3-4,7,12,18-19H,2,5-6,8-10H2,1H3.